The van der Waals surface area contributed by atoms with Crippen LogP contribution in [0.1, 0.15) is 23.2 Å². The summed E-state index contributed by atoms with van der Waals surface area (Å²) in [6, 6.07) is 8.75. The fourth-order valence-corrected chi connectivity index (χ4v) is 2.85. The molecule has 5 N–H and O–H groups in total. The minimum atomic E-state index is -0.772. The minimum absolute atomic E-state index is 0.291. The molecule has 2 aromatic rings. The fraction of sp³-hybridized carbons (Fsp3) is 0.294. The second-order valence-electron chi connectivity index (χ2n) is 6.00. The molecule has 0 bridgehead atoms. The molecular weight excluding hydrogens is 336 g/mol. The number of carbonyl (C=O) groups is 2. The molecule has 0 radical (unpaired) electrons. The van der Waals surface area contributed by atoms with Crippen molar-refractivity contribution in [2.24, 2.45) is 5.92 Å². The number of amides is 1. The van der Waals surface area contributed by atoms with Gasteiger partial charge in [-0.3, -0.25) is 20.4 Å². The molecule has 1 aliphatic rings. The standard InChI is InChI=1S/C17H20N6O3/c18-13-14(21-22-16(24)11-4-2-1-3-5-11)19-10-20-15(13)23-8-6-12(7-9-23)17(25)26/h1-5,10,12H,6-9,18H2,(H,22,24)(H,25,26)(H,19,20,21). The topological polar surface area (TPSA) is 133 Å². The van der Waals surface area contributed by atoms with Crippen LogP contribution in [0.4, 0.5) is 17.3 Å². The molecule has 3 rings (SSSR count). The number of piperidine rings is 1. The number of rotatable bonds is 5. The molecule has 0 aliphatic carbocycles. The van der Waals surface area contributed by atoms with Gasteiger partial charge < -0.3 is 15.7 Å². The SMILES string of the molecule is Nc1c(NNC(=O)c2ccccc2)ncnc1N1CCC(C(=O)O)CC1. The Labute approximate surface area is 150 Å². The molecule has 1 amide bonds. The number of benzene rings is 1. The molecule has 1 aliphatic heterocycles. The van der Waals surface area contributed by atoms with Crippen molar-refractivity contribution in [2.75, 3.05) is 29.1 Å². The number of carbonyl (C=O) groups excluding carboxylic acids is 1. The zero-order chi connectivity index (χ0) is 18.5. The molecule has 9 nitrogen and oxygen atoms in total. The van der Waals surface area contributed by atoms with Gasteiger partial charge in [0.1, 0.15) is 12.0 Å². The van der Waals surface area contributed by atoms with Crippen LogP contribution in [0.2, 0.25) is 0 Å². The number of aliphatic carboxylic acids is 1. The number of anilines is 3. The van der Waals surface area contributed by atoms with E-state index in [2.05, 4.69) is 20.8 Å². The molecule has 9 heteroatoms. The molecule has 0 unspecified atom stereocenters. The number of nitrogens with two attached hydrogens (primary N) is 1. The van der Waals surface area contributed by atoms with Gasteiger partial charge in [-0.05, 0) is 25.0 Å². The number of nitrogens with zero attached hydrogens (tertiary/aromatic N) is 3. The van der Waals surface area contributed by atoms with Gasteiger partial charge in [0.15, 0.2) is 11.6 Å². The van der Waals surface area contributed by atoms with Gasteiger partial charge in [0.25, 0.3) is 5.91 Å². The summed E-state index contributed by atoms with van der Waals surface area (Å²) in [5.74, 6) is -0.601. The summed E-state index contributed by atoms with van der Waals surface area (Å²) in [6.45, 7) is 1.10. The van der Waals surface area contributed by atoms with Crippen LogP contribution in [0.15, 0.2) is 36.7 Å². The Bertz CT molecular complexity index is 790. The summed E-state index contributed by atoms with van der Waals surface area (Å²) in [7, 11) is 0. The lowest BCUT2D eigenvalue weighted by Crippen LogP contribution is -2.37. The smallest absolute Gasteiger partial charge is 0.306 e. The van der Waals surface area contributed by atoms with E-state index in [9.17, 15) is 9.59 Å². The van der Waals surface area contributed by atoms with Gasteiger partial charge in [0.05, 0.1) is 5.92 Å². The Morgan fingerprint density at radius 2 is 1.85 bits per heavy atom. The minimum Gasteiger partial charge on any atom is -0.481 e. The molecule has 0 spiro atoms. The largest absolute Gasteiger partial charge is 0.481 e. The van der Waals surface area contributed by atoms with E-state index >= 15 is 0 Å². The molecule has 2 heterocycles. The van der Waals surface area contributed by atoms with Crippen LogP contribution in [-0.2, 0) is 4.79 Å². The Morgan fingerprint density at radius 1 is 1.15 bits per heavy atom. The summed E-state index contributed by atoms with van der Waals surface area (Å²) >= 11 is 0. The summed E-state index contributed by atoms with van der Waals surface area (Å²) in [4.78, 5) is 33.4. The van der Waals surface area contributed by atoms with E-state index in [1.165, 1.54) is 6.33 Å². The third kappa shape index (κ3) is 3.82. The summed E-state index contributed by atoms with van der Waals surface area (Å²) in [6.07, 6.45) is 2.42. The third-order valence-electron chi connectivity index (χ3n) is 4.34. The van der Waals surface area contributed by atoms with Gasteiger partial charge in [0, 0.05) is 18.7 Å². The fourth-order valence-electron chi connectivity index (χ4n) is 2.85. The van der Waals surface area contributed by atoms with Crippen molar-refractivity contribution >= 4 is 29.2 Å². The number of hydrogen-bond acceptors (Lipinski definition) is 7. The molecule has 0 atom stereocenters. The lowest BCUT2D eigenvalue weighted by Gasteiger charge is -2.31. The van der Waals surface area contributed by atoms with Gasteiger partial charge in [-0.15, -0.1) is 0 Å². The summed E-state index contributed by atoms with van der Waals surface area (Å²) in [5, 5.41) is 9.09. The van der Waals surface area contributed by atoms with E-state index < -0.39 is 5.97 Å². The number of nitrogens with one attached hydrogen (secondary N) is 2. The quantitative estimate of drug-likeness (QED) is 0.586. The van der Waals surface area contributed by atoms with Crippen LogP contribution < -0.4 is 21.5 Å². The average molecular weight is 356 g/mol. The molecule has 1 fully saturated rings. The van der Waals surface area contributed by atoms with E-state index in [4.69, 9.17) is 10.8 Å². The first kappa shape index (κ1) is 17.5. The van der Waals surface area contributed by atoms with Gasteiger partial charge in [-0.1, -0.05) is 18.2 Å². The van der Waals surface area contributed by atoms with Crippen molar-refractivity contribution in [3.8, 4) is 0 Å². The molecule has 0 saturated carbocycles. The van der Waals surface area contributed by atoms with Crippen molar-refractivity contribution in [3.05, 3.63) is 42.2 Å². The van der Waals surface area contributed by atoms with Crippen LogP contribution in [0.3, 0.4) is 0 Å². The second kappa shape index (κ2) is 7.68. The van der Waals surface area contributed by atoms with Gasteiger partial charge in [-0.2, -0.15) is 0 Å². The highest BCUT2D eigenvalue weighted by Gasteiger charge is 2.26. The van der Waals surface area contributed by atoms with Crippen molar-refractivity contribution < 1.29 is 14.7 Å². The third-order valence-corrected chi connectivity index (χ3v) is 4.34. The van der Waals surface area contributed by atoms with Crippen LogP contribution in [0.25, 0.3) is 0 Å². The van der Waals surface area contributed by atoms with Gasteiger partial charge in [0.2, 0.25) is 0 Å². The molecular formula is C17H20N6O3. The highest BCUT2D eigenvalue weighted by molar-refractivity contribution is 5.95. The van der Waals surface area contributed by atoms with Gasteiger partial charge >= 0.3 is 5.97 Å². The number of carboxylic acids is 1. The number of hydrazine groups is 1. The van der Waals surface area contributed by atoms with E-state index in [0.717, 1.165) is 0 Å². The monoisotopic (exact) mass is 356 g/mol. The zero-order valence-corrected chi connectivity index (χ0v) is 14.1. The first-order valence-electron chi connectivity index (χ1n) is 8.26. The van der Waals surface area contributed by atoms with E-state index in [-0.39, 0.29) is 11.8 Å². The van der Waals surface area contributed by atoms with Crippen molar-refractivity contribution in [1.82, 2.24) is 15.4 Å². The van der Waals surface area contributed by atoms with Crippen LogP contribution in [-0.4, -0.2) is 40.0 Å². The Kier molecular flexibility index (Phi) is 5.16. The lowest BCUT2D eigenvalue weighted by molar-refractivity contribution is -0.142. The van der Waals surface area contributed by atoms with E-state index in [0.29, 0.717) is 48.8 Å². The molecule has 26 heavy (non-hydrogen) atoms. The summed E-state index contributed by atoms with van der Waals surface area (Å²) in [5.41, 5.74) is 12.2. The van der Waals surface area contributed by atoms with E-state index in [1.54, 1.807) is 24.3 Å². The Morgan fingerprint density at radius 3 is 2.50 bits per heavy atom. The second-order valence-corrected chi connectivity index (χ2v) is 6.00. The molecule has 1 saturated heterocycles. The van der Waals surface area contributed by atoms with Crippen molar-refractivity contribution in [2.45, 2.75) is 12.8 Å². The molecule has 1 aromatic heterocycles. The predicted octanol–water partition coefficient (Wildman–Crippen LogP) is 1.12. The normalized spacial score (nSPS) is 14.7. The van der Waals surface area contributed by atoms with E-state index in [1.807, 2.05) is 11.0 Å². The maximum Gasteiger partial charge on any atom is 0.306 e. The maximum atomic E-state index is 12.1. The number of aromatic nitrogens is 2. The van der Waals surface area contributed by atoms with Crippen molar-refractivity contribution in [1.29, 1.82) is 0 Å². The molecule has 136 valence electrons. The Hall–Kier alpha value is -3.36. The highest BCUT2D eigenvalue weighted by atomic mass is 16.4. The summed E-state index contributed by atoms with van der Waals surface area (Å²) < 4.78 is 0. The first-order valence-corrected chi connectivity index (χ1v) is 8.26. The predicted molar refractivity (Wildman–Crippen MR) is 96.5 cm³/mol. The number of hydrogen-bond donors (Lipinski definition) is 4. The first-order chi connectivity index (χ1) is 12.6. The number of carboxylic acid groups (broad SMARTS) is 1. The van der Waals surface area contributed by atoms with Crippen LogP contribution in [0, 0.1) is 5.92 Å². The zero-order valence-electron chi connectivity index (χ0n) is 14.1. The number of nitrogen functional groups attached to an aromatic ring is 1. The van der Waals surface area contributed by atoms with Gasteiger partial charge in [-0.25, -0.2) is 9.97 Å². The van der Waals surface area contributed by atoms with Crippen LogP contribution >= 0.6 is 0 Å². The average Bonchev–Trinajstić information content (AvgIpc) is 2.67. The van der Waals surface area contributed by atoms with Crippen LogP contribution in [0.5, 0.6) is 0 Å². The highest BCUT2D eigenvalue weighted by Crippen LogP contribution is 2.29. The molecule has 1 aromatic carbocycles. The maximum absolute atomic E-state index is 12.1. The Balaban J connectivity index is 1.66. The lowest BCUT2D eigenvalue weighted by atomic mass is 9.97. The van der Waals surface area contributed by atoms with Crippen molar-refractivity contribution in [3.63, 3.8) is 0 Å².